The van der Waals surface area contributed by atoms with Gasteiger partial charge in [0.05, 0.1) is 11.1 Å². The molecule has 4 amide bonds. The van der Waals surface area contributed by atoms with Crippen molar-refractivity contribution in [1.29, 1.82) is 0 Å². The van der Waals surface area contributed by atoms with Gasteiger partial charge in [-0.05, 0) is 50.4 Å². The Morgan fingerprint density at radius 2 is 1.90 bits per heavy atom. The second kappa shape index (κ2) is 8.04. The summed E-state index contributed by atoms with van der Waals surface area (Å²) >= 11 is 0. The Bertz CT molecular complexity index is 866. The molecule has 3 heterocycles. The van der Waals surface area contributed by atoms with Gasteiger partial charge in [0.2, 0.25) is 11.8 Å². The molecule has 1 aromatic rings. The first kappa shape index (κ1) is 19.7. The number of amides is 4. The Balaban J connectivity index is 1.61. The van der Waals surface area contributed by atoms with Gasteiger partial charge >= 0.3 is 0 Å². The third kappa shape index (κ3) is 3.58. The van der Waals surface area contributed by atoms with Gasteiger partial charge in [-0.3, -0.25) is 34.3 Å². The van der Waals surface area contributed by atoms with E-state index in [1.807, 2.05) is 6.07 Å². The zero-order valence-electron chi connectivity index (χ0n) is 16.4. The van der Waals surface area contributed by atoms with Crippen LogP contribution in [0, 0.1) is 0 Å². The van der Waals surface area contributed by atoms with Crippen molar-refractivity contribution in [2.24, 2.45) is 5.73 Å². The maximum absolute atomic E-state index is 13.2. The standard InChI is InChI=1S/C21H26N4O4/c22-10-9-14-5-1-2-11-24(14)12-13-4-3-6-15-18(13)21(29)25(20(15)28)16-7-8-17(26)23-19(16)27/h3-4,6,14,16H,1-2,5,7-12,22H2,(H,23,26,27). The van der Waals surface area contributed by atoms with Gasteiger partial charge in [0.25, 0.3) is 11.8 Å². The number of hydrogen-bond donors (Lipinski definition) is 2. The predicted molar refractivity (Wildman–Crippen MR) is 105 cm³/mol. The van der Waals surface area contributed by atoms with Crippen LogP contribution in [0.3, 0.4) is 0 Å². The van der Waals surface area contributed by atoms with Crippen LogP contribution in [-0.2, 0) is 16.1 Å². The predicted octanol–water partition coefficient (Wildman–Crippen LogP) is 0.791. The van der Waals surface area contributed by atoms with E-state index in [1.54, 1.807) is 12.1 Å². The third-order valence-corrected chi connectivity index (χ3v) is 6.18. The number of likely N-dealkylation sites (tertiary alicyclic amines) is 1. The van der Waals surface area contributed by atoms with Gasteiger partial charge in [0, 0.05) is 19.0 Å². The molecule has 0 saturated carbocycles. The van der Waals surface area contributed by atoms with Crippen molar-refractivity contribution < 1.29 is 19.2 Å². The number of nitrogens with one attached hydrogen (secondary N) is 1. The summed E-state index contributed by atoms with van der Waals surface area (Å²) in [5, 5.41) is 2.23. The molecule has 29 heavy (non-hydrogen) atoms. The van der Waals surface area contributed by atoms with E-state index in [0.717, 1.165) is 36.3 Å². The SMILES string of the molecule is NCCC1CCCCN1Cc1cccc2c1C(=O)N(C1CCC(=O)NC1=O)C2=O. The number of fused-ring (bicyclic) bond motifs is 1. The summed E-state index contributed by atoms with van der Waals surface area (Å²) < 4.78 is 0. The Labute approximate surface area is 169 Å². The van der Waals surface area contributed by atoms with Crippen molar-refractivity contribution >= 4 is 23.6 Å². The van der Waals surface area contributed by atoms with E-state index in [0.29, 0.717) is 30.3 Å². The first-order valence-electron chi connectivity index (χ1n) is 10.3. The topological polar surface area (TPSA) is 113 Å². The highest BCUT2D eigenvalue weighted by Crippen LogP contribution is 2.31. The molecule has 2 fully saturated rings. The highest BCUT2D eigenvalue weighted by atomic mass is 16.2. The van der Waals surface area contributed by atoms with E-state index in [1.165, 1.54) is 6.42 Å². The average molecular weight is 398 g/mol. The second-order valence-electron chi connectivity index (χ2n) is 7.98. The molecule has 3 aliphatic heterocycles. The van der Waals surface area contributed by atoms with Crippen molar-refractivity contribution in [2.45, 2.75) is 57.2 Å². The molecular formula is C21H26N4O4. The fraction of sp³-hybridized carbons (Fsp3) is 0.524. The quantitative estimate of drug-likeness (QED) is 0.709. The summed E-state index contributed by atoms with van der Waals surface area (Å²) in [4.78, 5) is 53.2. The van der Waals surface area contributed by atoms with Gasteiger partial charge in [-0.25, -0.2) is 0 Å². The zero-order chi connectivity index (χ0) is 20.5. The first-order chi connectivity index (χ1) is 14.0. The Morgan fingerprint density at radius 1 is 1.07 bits per heavy atom. The number of nitrogens with zero attached hydrogens (tertiary/aromatic N) is 2. The lowest BCUT2D eigenvalue weighted by Gasteiger charge is -2.36. The number of rotatable bonds is 5. The minimum absolute atomic E-state index is 0.116. The van der Waals surface area contributed by atoms with E-state index in [4.69, 9.17) is 5.73 Å². The van der Waals surface area contributed by atoms with Crippen LogP contribution in [0.15, 0.2) is 18.2 Å². The molecule has 2 unspecified atom stereocenters. The minimum Gasteiger partial charge on any atom is -0.330 e. The van der Waals surface area contributed by atoms with Crippen LogP contribution in [0.25, 0.3) is 0 Å². The molecule has 2 atom stereocenters. The highest BCUT2D eigenvalue weighted by molar-refractivity contribution is 6.24. The Morgan fingerprint density at radius 3 is 2.66 bits per heavy atom. The van der Waals surface area contributed by atoms with Gasteiger partial charge < -0.3 is 5.73 Å². The maximum Gasteiger partial charge on any atom is 0.262 e. The molecule has 0 spiro atoms. The molecule has 154 valence electrons. The fourth-order valence-corrected chi connectivity index (χ4v) is 4.72. The summed E-state index contributed by atoms with van der Waals surface area (Å²) in [5.74, 6) is -1.86. The van der Waals surface area contributed by atoms with Gasteiger partial charge in [0.15, 0.2) is 0 Å². The zero-order valence-corrected chi connectivity index (χ0v) is 16.4. The average Bonchev–Trinajstić information content (AvgIpc) is 2.95. The van der Waals surface area contributed by atoms with Crippen LogP contribution in [0.1, 0.15) is 64.8 Å². The van der Waals surface area contributed by atoms with E-state index in [-0.39, 0.29) is 18.7 Å². The maximum atomic E-state index is 13.2. The minimum atomic E-state index is -0.937. The molecule has 8 heteroatoms. The van der Waals surface area contributed by atoms with E-state index in [2.05, 4.69) is 10.2 Å². The third-order valence-electron chi connectivity index (χ3n) is 6.18. The molecule has 3 aliphatic rings. The van der Waals surface area contributed by atoms with Gasteiger partial charge in [-0.2, -0.15) is 0 Å². The van der Waals surface area contributed by atoms with Gasteiger partial charge in [0.1, 0.15) is 6.04 Å². The first-order valence-corrected chi connectivity index (χ1v) is 10.3. The van der Waals surface area contributed by atoms with Crippen molar-refractivity contribution in [1.82, 2.24) is 15.1 Å². The fourth-order valence-electron chi connectivity index (χ4n) is 4.72. The lowest BCUT2D eigenvalue weighted by molar-refractivity contribution is -0.136. The van der Waals surface area contributed by atoms with Crippen LogP contribution in [0.2, 0.25) is 0 Å². The number of carbonyl (C=O) groups is 4. The van der Waals surface area contributed by atoms with Crippen LogP contribution in [0.4, 0.5) is 0 Å². The Hall–Kier alpha value is -2.58. The number of piperidine rings is 2. The smallest absolute Gasteiger partial charge is 0.262 e. The van der Waals surface area contributed by atoms with Gasteiger partial charge in [-0.15, -0.1) is 0 Å². The van der Waals surface area contributed by atoms with Crippen LogP contribution in [0.5, 0.6) is 0 Å². The molecule has 4 rings (SSSR count). The lowest BCUT2D eigenvalue weighted by Crippen LogP contribution is -2.54. The van der Waals surface area contributed by atoms with Crippen molar-refractivity contribution in [3.63, 3.8) is 0 Å². The number of benzene rings is 1. The molecule has 0 radical (unpaired) electrons. The number of nitrogens with two attached hydrogens (primary N) is 1. The van der Waals surface area contributed by atoms with E-state index < -0.39 is 23.8 Å². The number of hydrogen-bond acceptors (Lipinski definition) is 6. The summed E-state index contributed by atoms with van der Waals surface area (Å²) in [6, 6.07) is 4.75. The summed E-state index contributed by atoms with van der Waals surface area (Å²) in [6.07, 6.45) is 4.55. The molecule has 3 N–H and O–H groups in total. The normalized spacial score (nSPS) is 25.3. The van der Waals surface area contributed by atoms with E-state index in [9.17, 15) is 19.2 Å². The molecule has 8 nitrogen and oxygen atoms in total. The number of imide groups is 2. The largest absolute Gasteiger partial charge is 0.330 e. The second-order valence-corrected chi connectivity index (χ2v) is 7.98. The molecular weight excluding hydrogens is 372 g/mol. The van der Waals surface area contributed by atoms with Crippen molar-refractivity contribution in [2.75, 3.05) is 13.1 Å². The molecule has 2 saturated heterocycles. The monoisotopic (exact) mass is 398 g/mol. The summed E-state index contributed by atoms with van der Waals surface area (Å²) in [6.45, 7) is 2.14. The molecule has 0 aliphatic carbocycles. The van der Waals surface area contributed by atoms with Gasteiger partial charge in [-0.1, -0.05) is 18.6 Å². The molecule has 1 aromatic carbocycles. The van der Waals surface area contributed by atoms with E-state index >= 15 is 0 Å². The van der Waals surface area contributed by atoms with Crippen molar-refractivity contribution in [3.05, 3.63) is 34.9 Å². The highest BCUT2D eigenvalue weighted by Gasteiger charge is 2.45. The summed E-state index contributed by atoms with van der Waals surface area (Å²) in [5.41, 5.74) is 7.31. The van der Waals surface area contributed by atoms with Crippen molar-refractivity contribution in [3.8, 4) is 0 Å². The van der Waals surface area contributed by atoms with Crippen LogP contribution >= 0.6 is 0 Å². The van der Waals surface area contributed by atoms with Crippen LogP contribution < -0.4 is 11.1 Å². The van der Waals surface area contributed by atoms with Crippen LogP contribution in [-0.4, -0.2) is 58.6 Å². The lowest BCUT2D eigenvalue weighted by atomic mass is 9.96. The Kier molecular flexibility index (Phi) is 5.47. The molecule has 0 aromatic heterocycles. The number of carbonyl (C=O) groups excluding carboxylic acids is 4. The summed E-state index contributed by atoms with van der Waals surface area (Å²) in [7, 11) is 0. The molecule has 0 bridgehead atoms.